The third kappa shape index (κ3) is 7.13. The first-order chi connectivity index (χ1) is 11.6. The number of ether oxygens (including phenoxy) is 1. The van der Waals surface area contributed by atoms with Gasteiger partial charge in [-0.25, -0.2) is 15.2 Å². The largest absolute Gasteiger partial charge is 0.443 e. The third-order valence-electron chi connectivity index (χ3n) is 2.64. The van der Waals surface area contributed by atoms with E-state index in [4.69, 9.17) is 10.00 Å². The highest BCUT2D eigenvalue weighted by Crippen LogP contribution is 2.30. The Morgan fingerprint density at radius 2 is 1.81 bits per heavy atom. The van der Waals surface area contributed by atoms with Gasteiger partial charge in [-0.1, -0.05) is 20.8 Å². The fraction of sp³-hybridized carbons (Fsp3) is 0.625. The Labute approximate surface area is 150 Å². The van der Waals surface area contributed by atoms with E-state index in [0.29, 0.717) is 6.07 Å². The summed E-state index contributed by atoms with van der Waals surface area (Å²) in [6.45, 7) is 10.6. The van der Waals surface area contributed by atoms with Crippen LogP contribution in [0.25, 0.3) is 0 Å². The zero-order chi connectivity index (χ0) is 20.3. The van der Waals surface area contributed by atoms with Gasteiger partial charge in [-0.3, -0.25) is 5.01 Å². The van der Waals surface area contributed by atoms with Crippen LogP contribution in [0.5, 0.6) is 0 Å². The number of nitriles is 1. The monoisotopic (exact) mass is 373 g/mol. The van der Waals surface area contributed by atoms with Crippen molar-refractivity contribution in [1.29, 1.82) is 5.26 Å². The molecular formula is C16H22F3N5O2. The molecule has 0 atom stereocenters. The molecule has 1 aromatic heterocycles. The van der Waals surface area contributed by atoms with Crippen molar-refractivity contribution in [3.63, 3.8) is 0 Å². The molecule has 0 aliphatic carbocycles. The number of alkyl halides is 3. The number of nitrogens with one attached hydrogen (secondary N) is 1. The average Bonchev–Trinajstić information content (AvgIpc) is 2.41. The number of hydrogen-bond donors (Lipinski definition) is 1. The molecule has 1 heterocycles. The van der Waals surface area contributed by atoms with Crippen LogP contribution in [0.2, 0.25) is 0 Å². The maximum absolute atomic E-state index is 13.0. The summed E-state index contributed by atoms with van der Waals surface area (Å²) in [5.41, 5.74) is -0.0977. The van der Waals surface area contributed by atoms with E-state index in [2.05, 4.69) is 15.4 Å². The van der Waals surface area contributed by atoms with Crippen LogP contribution in [0.3, 0.4) is 0 Å². The molecule has 1 rings (SSSR count). The van der Waals surface area contributed by atoms with Crippen LogP contribution in [0.4, 0.5) is 23.8 Å². The van der Waals surface area contributed by atoms with Gasteiger partial charge in [0.25, 0.3) is 0 Å². The standard InChI is InChI=1S/C16H22F3N5O2/c1-14(2,3)9-24(23-13(25)26-15(4,5)6)12-7-10(16(17,18)19)21-11(8-20)22-12/h7H,9H2,1-6H3,(H,23,25). The Morgan fingerprint density at radius 3 is 2.23 bits per heavy atom. The summed E-state index contributed by atoms with van der Waals surface area (Å²) < 4.78 is 44.3. The van der Waals surface area contributed by atoms with Crippen LogP contribution in [-0.2, 0) is 10.9 Å². The van der Waals surface area contributed by atoms with Crippen molar-refractivity contribution in [1.82, 2.24) is 15.4 Å². The molecule has 144 valence electrons. The Bertz CT molecular complexity index is 700. The highest BCUT2D eigenvalue weighted by Gasteiger charge is 2.35. The normalized spacial score (nSPS) is 12.3. The zero-order valence-electron chi connectivity index (χ0n) is 15.5. The minimum Gasteiger partial charge on any atom is -0.443 e. The van der Waals surface area contributed by atoms with Gasteiger partial charge in [0.05, 0.1) is 0 Å². The van der Waals surface area contributed by atoms with Crippen molar-refractivity contribution in [3.8, 4) is 6.07 Å². The van der Waals surface area contributed by atoms with Crippen molar-refractivity contribution in [3.05, 3.63) is 17.6 Å². The quantitative estimate of drug-likeness (QED) is 0.813. The molecule has 26 heavy (non-hydrogen) atoms. The lowest BCUT2D eigenvalue weighted by Crippen LogP contribution is -2.48. The summed E-state index contributed by atoms with van der Waals surface area (Å²) in [5.74, 6) is -0.913. The predicted molar refractivity (Wildman–Crippen MR) is 87.9 cm³/mol. The molecule has 0 radical (unpaired) electrons. The lowest BCUT2D eigenvalue weighted by molar-refractivity contribution is -0.141. The SMILES string of the molecule is CC(C)(C)CN(NC(=O)OC(C)(C)C)c1cc(C(F)(F)F)nc(C#N)n1. The molecular weight excluding hydrogens is 351 g/mol. The highest BCUT2D eigenvalue weighted by molar-refractivity contribution is 5.70. The summed E-state index contributed by atoms with van der Waals surface area (Å²) >= 11 is 0. The number of anilines is 1. The molecule has 1 aromatic rings. The van der Waals surface area contributed by atoms with Crippen molar-refractivity contribution in [2.45, 2.75) is 53.3 Å². The number of hydrazine groups is 1. The van der Waals surface area contributed by atoms with E-state index in [0.717, 1.165) is 5.01 Å². The summed E-state index contributed by atoms with van der Waals surface area (Å²) in [6, 6.07) is 2.17. The first-order valence-corrected chi connectivity index (χ1v) is 7.74. The number of rotatable bonds is 3. The molecule has 1 N–H and O–H groups in total. The van der Waals surface area contributed by atoms with Crippen molar-refractivity contribution in [2.24, 2.45) is 5.41 Å². The maximum atomic E-state index is 13.0. The number of aromatic nitrogens is 2. The summed E-state index contributed by atoms with van der Waals surface area (Å²) in [5, 5.41) is 10.0. The van der Waals surface area contributed by atoms with Gasteiger partial charge < -0.3 is 4.74 Å². The summed E-state index contributed by atoms with van der Waals surface area (Å²) in [7, 11) is 0. The van der Waals surface area contributed by atoms with Crippen LogP contribution >= 0.6 is 0 Å². The minimum absolute atomic E-state index is 0.116. The number of hydrogen-bond acceptors (Lipinski definition) is 6. The van der Waals surface area contributed by atoms with Crippen LogP contribution < -0.4 is 10.4 Å². The van der Waals surface area contributed by atoms with E-state index in [-0.39, 0.29) is 12.4 Å². The Balaban J connectivity index is 3.30. The molecule has 7 nitrogen and oxygen atoms in total. The molecule has 0 aliphatic rings. The van der Waals surface area contributed by atoms with Gasteiger partial charge in [0.15, 0.2) is 11.5 Å². The molecule has 0 bridgehead atoms. The lowest BCUT2D eigenvalue weighted by atomic mass is 9.97. The predicted octanol–water partition coefficient (Wildman–Crippen LogP) is 3.66. The van der Waals surface area contributed by atoms with Crippen molar-refractivity contribution < 1.29 is 22.7 Å². The lowest BCUT2D eigenvalue weighted by Gasteiger charge is -2.32. The van der Waals surface area contributed by atoms with Gasteiger partial charge in [-0.2, -0.15) is 23.4 Å². The molecule has 0 aromatic carbocycles. The van der Waals surface area contributed by atoms with Crippen LogP contribution in [0.1, 0.15) is 53.1 Å². The van der Waals surface area contributed by atoms with E-state index in [1.165, 1.54) is 6.07 Å². The van der Waals surface area contributed by atoms with E-state index in [9.17, 15) is 18.0 Å². The molecule has 10 heteroatoms. The highest BCUT2D eigenvalue weighted by atomic mass is 19.4. The fourth-order valence-electron chi connectivity index (χ4n) is 1.83. The number of carbonyl (C=O) groups excluding carboxylic acids is 1. The fourth-order valence-corrected chi connectivity index (χ4v) is 1.83. The van der Waals surface area contributed by atoms with Gasteiger partial charge >= 0.3 is 12.3 Å². The summed E-state index contributed by atoms with van der Waals surface area (Å²) in [6.07, 6.45) is -5.62. The van der Waals surface area contributed by atoms with Gasteiger partial charge in [-0.05, 0) is 26.2 Å². The van der Waals surface area contributed by atoms with Gasteiger partial charge in [0, 0.05) is 12.6 Å². The van der Waals surface area contributed by atoms with E-state index < -0.39 is 34.8 Å². The molecule has 0 unspecified atom stereocenters. The first kappa shape index (κ1) is 21.5. The molecule has 0 fully saturated rings. The second-order valence-electron chi connectivity index (χ2n) is 7.81. The van der Waals surface area contributed by atoms with E-state index in [1.807, 2.05) is 20.8 Å². The Kier molecular flexibility index (Phi) is 6.07. The van der Waals surface area contributed by atoms with Gasteiger partial charge in [-0.15, -0.1) is 0 Å². The second-order valence-corrected chi connectivity index (χ2v) is 7.81. The maximum Gasteiger partial charge on any atom is 0.433 e. The molecule has 0 aliphatic heterocycles. The number of nitrogens with zero attached hydrogens (tertiary/aromatic N) is 4. The van der Waals surface area contributed by atoms with E-state index >= 15 is 0 Å². The van der Waals surface area contributed by atoms with Gasteiger partial charge in [0.1, 0.15) is 11.7 Å². The first-order valence-electron chi connectivity index (χ1n) is 7.74. The average molecular weight is 373 g/mol. The number of halogens is 3. The van der Waals surface area contributed by atoms with Crippen molar-refractivity contribution in [2.75, 3.05) is 11.6 Å². The molecule has 1 amide bonds. The number of carbonyl (C=O) groups is 1. The minimum atomic E-state index is -4.76. The Morgan fingerprint density at radius 1 is 1.23 bits per heavy atom. The molecule has 0 saturated carbocycles. The topological polar surface area (TPSA) is 91.1 Å². The second kappa shape index (κ2) is 7.35. The number of amides is 1. The Hall–Kier alpha value is -2.57. The van der Waals surface area contributed by atoms with E-state index in [1.54, 1.807) is 20.8 Å². The van der Waals surface area contributed by atoms with Crippen LogP contribution in [0.15, 0.2) is 6.07 Å². The summed E-state index contributed by atoms with van der Waals surface area (Å²) in [4.78, 5) is 19.0. The zero-order valence-corrected chi connectivity index (χ0v) is 15.5. The third-order valence-corrected chi connectivity index (χ3v) is 2.64. The smallest absolute Gasteiger partial charge is 0.433 e. The van der Waals surface area contributed by atoms with Crippen molar-refractivity contribution >= 4 is 11.9 Å². The van der Waals surface area contributed by atoms with Gasteiger partial charge in [0.2, 0.25) is 5.82 Å². The van der Waals surface area contributed by atoms with Crippen LogP contribution in [0, 0.1) is 16.7 Å². The molecule has 0 saturated heterocycles. The molecule has 0 spiro atoms. The van der Waals surface area contributed by atoms with Crippen LogP contribution in [-0.4, -0.2) is 28.2 Å².